The van der Waals surface area contributed by atoms with Gasteiger partial charge in [0, 0.05) is 0 Å². The summed E-state index contributed by atoms with van der Waals surface area (Å²) in [6.45, 7) is 1.63. The molecule has 13 heavy (non-hydrogen) atoms. The van der Waals surface area contributed by atoms with Gasteiger partial charge in [0.1, 0.15) is 6.23 Å². The van der Waals surface area contributed by atoms with Crippen molar-refractivity contribution in [3.8, 4) is 0 Å². The van der Waals surface area contributed by atoms with Gasteiger partial charge in [-0.1, -0.05) is 30.3 Å². The van der Waals surface area contributed by atoms with Gasteiger partial charge in [-0.05, 0) is 12.5 Å². The quantitative estimate of drug-likeness (QED) is 0.558. The van der Waals surface area contributed by atoms with Gasteiger partial charge in [-0.3, -0.25) is 10.5 Å². The lowest BCUT2D eigenvalue weighted by atomic mass is 10.2. The van der Waals surface area contributed by atoms with Crippen molar-refractivity contribution in [3.63, 3.8) is 0 Å². The lowest BCUT2D eigenvalue weighted by Crippen LogP contribution is -2.24. The summed E-state index contributed by atoms with van der Waals surface area (Å²) in [4.78, 5) is 11.1. The van der Waals surface area contributed by atoms with Crippen LogP contribution in [0.4, 0.5) is 0 Å². The highest BCUT2D eigenvalue weighted by atomic mass is 16.5. The Morgan fingerprint density at radius 2 is 2.08 bits per heavy atom. The van der Waals surface area contributed by atoms with E-state index < -0.39 is 6.23 Å². The molecule has 0 spiro atoms. The van der Waals surface area contributed by atoms with E-state index in [-0.39, 0.29) is 12.4 Å². The number of carbonyl (C=O) groups is 1. The fourth-order valence-electron chi connectivity index (χ4n) is 1.01. The fraction of sp³-hybridized carbons (Fsp3) is 0.300. The Morgan fingerprint density at radius 1 is 1.46 bits per heavy atom. The van der Waals surface area contributed by atoms with Crippen molar-refractivity contribution in [1.29, 1.82) is 0 Å². The van der Waals surface area contributed by atoms with E-state index in [0.29, 0.717) is 0 Å². The first kappa shape index (κ1) is 9.74. The van der Waals surface area contributed by atoms with Crippen LogP contribution in [0.25, 0.3) is 0 Å². The summed E-state index contributed by atoms with van der Waals surface area (Å²) in [5.41, 5.74) is 6.24. The molecule has 3 nitrogen and oxygen atoms in total. The Hall–Kier alpha value is -1.35. The molecule has 0 unspecified atom stereocenters. The molecule has 0 aromatic heterocycles. The van der Waals surface area contributed by atoms with Gasteiger partial charge < -0.3 is 4.74 Å². The van der Waals surface area contributed by atoms with Crippen molar-refractivity contribution in [2.45, 2.75) is 19.6 Å². The maximum Gasteiger partial charge on any atom is 0.311 e. The SMILES string of the molecule is C[C@H](N)OC(=O)Cc1ccccc1. The molecule has 0 fully saturated rings. The van der Waals surface area contributed by atoms with Crippen LogP contribution in [-0.4, -0.2) is 12.2 Å². The van der Waals surface area contributed by atoms with Crippen molar-refractivity contribution in [3.05, 3.63) is 35.9 Å². The molecular weight excluding hydrogens is 166 g/mol. The number of ether oxygens (including phenoxy) is 1. The van der Waals surface area contributed by atoms with Crippen LogP contribution in [-0.2, 0) is 16.0 Å². The van der Waals surface area contributed by atoms with Gasteiger partial charge in [-0.2, -0.15) is 0 Å². The first-order chi connectivity index (χ1) is 6.18. The predicted octanol–water partition coefficient (Wildman–Crippen LogP) is 1.08. The average molecular weight is 179 g/mol. The van der Waals surface area contributed by atoms with E-state index in [9.17, 15) is 4.79 Å². The highest BCUT2D eigenvalue weighted by Gasteiger charge is 2.05. The maximum atomic E-state index is 11.1. The minimum absolute atomic E-state index is 0.280. The molecule has 2 N–H and O–H groups in total. The zero-order valence-electron chi connectivity index (χ0n) is 7.57. The molecule has 0 radical (unpaired) electrons. The smallest absolute Gasteiger partial charge is 0.311 e. The zero-order chi connectivity index (χ0) is 9.68. The Balaban J connectivity index is 2.46. The second-order valence-corrected chi connectivity index (χ2v) is 2.86. The lowest BCUT2D eigenvalue weighted by Gasteiger charge is -2.07. The monoisotopic (exact) mass is 179 g/mol. The predicted molar refractivity (Wildman–Crippen MR) is 49.9 cm³/mol. The van der Waals surface area contributed by atoms with E-state index in [2.05, 4.69) is 0 Å². The first-order valence-corrected chi connectivity index (χ1v) is 4.17. The Bertz CT molecular complexity index is 270. The second-order valence-electron chi connectivity index (χ2n) is 2.86. The van der Waals surface area contributed by atoms with E-state index in [1.54, 1.807) is 6.92 Å². The molecule has 1 atom stereocenters. The Labute approximate surface area is 77.5 Å². The summed E-state index contributed by atoms with van der Waals surface area (Å²) in [6.07, 6.45) is -0.251. The van der Waals surface area contributed by atoms with Gasteiger partial charge in [-0.15, -0.1) is 0 Å². The van der Waals surface area contributed by atoms with Crippen molar-refractivity contribution < 1.29 is 9.53 Å². The third kappa shape index (κ3) is 3.71. The molecule has 0 aliphatic rings. The number of carbonyl (C=O) groups excluding carboxylic acids is 1. The van der Waals surface area contributed by atoms with Gasteiger partial charge >= 0.3 is 5.97 Å². The third-order valence-corrected chi connectivity index (χ3v) is 1.51. The van der Waals surface area contributed by atoms with Gasteiger partial charge in [0.05, 0.1) is 6.42 Å². The molecule has 1 aromatic carbocycles. The Kier molecular flexibility index (Phi) is 3.46. The minimum atomic E-state index is -0.531. The van der Waals surface area contributed by atoms with E-state index in [0.717, 1.165) is 5.56 Å². The molecule has 70 valence electrons. The van der Waals surface area contributed by atoms with Crippen LogP contribution in [0.5, 0.6) is 0 Å². The average Bonchev–Trinajstić information content (AvgIpc) is 2.04. The van der Waals surface area contributed by atoms with E-state index in [1.807, 2.05) is 30.3 Å². The highest BCUT2D eigenvalue weighted by molar-refractivity contribution is 5.72. The van der Waals surface area contributed by atoms with Crippen LogP contribution in [0, 0.1) is 0 Å². The van der Waals surface area contributed by atoms with Gasteiger partial charge in [-0.25, -0.2) is 0 Å². The molecule has 1 rings (SSSR count). The number of esters is 1. The van der Waals surface area contributed by atoms with Crippen LogP contribution in [0.15, 0.2) is 30.3 Å². The van der Waals surface area contributed by atoms with Crippen LogP contribution >= 0.6 is 0 Å². The van der Waals surface area contributed by atoms with E-state index >= 15 is 0 Å². The summed E-state index contributed by atoms with van der Waals surface area (Å²) >= 11 is 0. The number of rotatable bonds is 3. The van der Waals surface area contributed by atoms with Crippen LogP contribution in [0.3, 0.4) is 0 Å². The summed E-state index contributed by atoms with van der Waals surface area (Å²) in [5.74, 6) is -0.291. The van der Waals surface area contributed by atoms with Gasteiger partial charge in [0.25, 0.3) is 0 Å². The van der Waals surface area contributed by atoms with Crippen molar-refractivity contribution in [2.75, 3.05) is 0 Å². The number of nitrogens with two attached hydrogens (primary N) is 1. The molecule has 0 bridgehead atoms. The Morgan fingerprint density at radius 3 is 2.62 bits per heavy atom. The summed E-state index contributed by atoms with van der Waals surface area (Å²) < 4.78 is 4.79. The molecular formula is C10H13NO2. The summed E-state index contributed by atoms with van der Waals surface area (Å²) in [5, 5.41) is 0. The highest BCUT2D eigenvalue weighted by Crippen LogP contribution is 2.00. The molecule has 0 amide bonds. The first-order valence-electron chi connectivity index (χ1n) is 4.17. The zero-order valence-corrected chi connectivity index (χ0v) is 7.57. The topological polar surface area (TPSA) is 52.3 Å². The third-order valence-electron chi connectivity index (χ3n) is 1.51. The molecule has 3 heteroatoms. The van der Waals surface area contributed by atoms with Crippen molar-refractivity contribution in [2.24, 2.45) is 5.73 Å². The molecule has 0 aliphatic carbocycles. The van der Waals surface area contributed by atoms with Gasteiger partial charge in [0.2, 0.25) is 0 Å². The molecule has 0 saturated carbocycles. The fourth-order valence-corrected chi connectivity index (χ4v) is 1.01. The summed E-state index contributed by atoms with van der Waals surface area (Å²) in [7, 11) is 0. The molecule has 0 aliphatic heterocycles. The van der Waals surface area contributed by atoms with E-state index in [1.165, 1.54) is 0 Å². The van der Waals surface area contributed by atoms with Crippen molar-refractivity contribution in [1.82, 2.24) is 0 Å². The maximum absolute atomic E-state index is 11.1. The van der Waals surface area contributed by atoms with E-state index in [4.69, 9.17) is 10.5 Å². The number of hydrogen-bond donors (Lipinski definition) is 1. The van der Waals surface area contributed by atoms with Gasteiger partial charge in [0.15, 0.2) is 0 Å². The van der Waals surface area contributed by atoms with Crippen LogP contribution in [0.2, 0.25) is 0 Å². The number of benzene rings is 1. The second kappa shape index (κ2) is 4.62. The van der Waals surface area contributed by atoms with Crippen molar-refractivity contribution >= 4 is 5.97 Å². The lowest BCUT2D eigenvalue weighted by molar-refractivity contribution is -0.147. The molecule has 0 heterocycles. The standard InChI is InChI=1S/C10H13NO2/c1-8(11)13-10(12)7-9-5-3-2-4-6-9/h2-6,8H,7,11H2,1H3/t8-/m1/s1. The normalized spacial score (nSPS) is 12.2. The van der Waals surface area contributed by atoms with Crippen LogP contribution in [0.1, 0.15) is 12.5 Å². The molecule has 1 aromatic rings. The summed E-state index contributed by atoms with van der Waals surface area (Å²) in [6, 6.07) is 9.42. The number of hydrogen-bond acceptors (Lipinski definition) is 3. The van der Waals surface area contributed by atoms with Crippen LogP contribution < -0.4 is 5.73 Å². The molecule has 0 saturated heterocycles. The largest absolute Gasteiger partial charge is 0.447 e. The minimum Gasteiger partial charge on any atom is -0.447 e.